The number of rotatable bonds is 4. The van der Waals surface area contributed by atoms with Gasteiger partial charge >= 0.3 is 0 Å². The third-order valence-electron chi connectivity index (χ3n) is 3.82. The molecule has 1 aliphatic carbocycles. The maximum absolute atomic E-state index is 13.3. The molecule has 2 N–H and O–H groups in total. The van der Waals surface area contributed by atoms with E-state index < -0.39 is 11.4 Å². The molecule has 1 aliphatic rings. The number of halogens is 1. The van der Waals surface area contributed by atoms with E-state index in [4.69, 9.17) is 10.5 Å². The van der Waals surface area contributed by atoms with Crippen molar-refractivity contribution in [1.82, 2.24) is 0 Å². The maximum atomic E-state index is 13.3. The molecule has 0 aromatic heterocycles. The zero-order valence-corrected chi connectivity index (χ0v) is 11.2. The van der Waals surface area contributed by atoms with Gasteiger partial charge in [-0.15, -0.1) is 0 Å². The fourth-order valence-electron chi connectivity index (χ4n) is 2.75. The number of ether oxygens (including phenoxy) is 1. The number of hydrogen-bond donors (Lipinski definition) is 1. The molecule has 104 valence electrons. The van der Waals surface area contributed by atoms with Crippen molar-refractivity contribution in [1.29, 1.82) is 0 Å². The minimum atomic E-state index is -0.438. The van der Waals surface area contributed by atoms with Crippen LogP contribution in [0.15, 0.2) is 18.2 Å². The van der Waals surface area contributed by atoms with Crippen LogP contribution in [0.1, 0.15) is 48.9 Å². The largest absolute Gasteiger partial charge is 0.496 e. The molecule has 0 amide bonds. The highest BCUT2D eigenvalue weighted by Gasteiger charge is 2.31. The third kappa shape index (κ3) is 3.32. The summed E-state index contributed by atoms with van der Waals surface area (Å²) in [7, 11) is 1.48. The predicted molar refractivity (Wildman–Crippen MR) is 71.9 cm³/mol. The van der Waals surface area contributed by atoms with Crippen LogP contribution in [0, 0.1) is 5.82 Å². The van der Waals surface area contributed by atoms with Gasteiger partial charge in [-0.05, 0) is 31.0 Å². The van der Waals surface area contributed by atoms with Crippen molar-refractivity contribution in [3.05, 3.63) is 29.6 Å². The van der Waals surface area contributed by atoms with Crippen LogP contribution in [0.3, 0.4) is 0 Å². The van der Waals surface area contributed by atoms with Crippen LogP contribution in [0.25, 0.3) is 0 Å². The monoisotopic (exact) mass is 265 g/mol. The van der Waals surface area contributed by atoms with Crippen LogP contribution >= 0.6 is 0 Å². The van der Waals surface area contributed by atoms with E-state index in [0.717, 1.165) is 25.7 Å². The number of benzene rings is 1. The second-order valence-electron chi connectivity index (χ2n) is 5.37. The predicted octanol–water partition coefficient (Wildman–Crippen LogP) is 3.07. The minimum absolute atomic E-state index is 0.138. The van der Waals surface area contributed by atoms with E-state index in [1.165, 1.54) is 31.7 Å². The third-order valence-corrected chi connectivity index (χ3v) is 3.82. The lowest BCUT2D eigenvalue weighted by Crippen LogP contribution is -2.43. The summed E-state index contributed by atoms with van der Waals surface area (Å²) in [4.78, 5) is 12.3. The molecule has 1 saturated carbocycles. The molecule has 0 atom stereocenters. The molecular formula is C15H20FNO2. The van der Waals surface area contributed by atoms with Gasteiger partial charge in [0.25, 0.3) is 0 Å². The molecule has 0 unspecified atom stereocenters. The molecule has 2 rings (SSSR count). The summed E-state index contributed by atoms with van der Waals surface area (Å²) >= 11 is 0. The second kappa shape index (κ2) is 5.70. The summed E-state index contributed by atoms with van der Waals surface area (Å²) in [6, 6.07) is 3.99. The lowest BCUT2D eigenvalue weighted by Gasteiger charge is -2.32. The topological polar surface area (TPSA) is 52.3 Å². The Morgan fingerprint density at radius 3 is 2.68 bits per heavy atom. The van der Waals surface area contributed by atoms with E-state index in [2.05, 4.69) is 0 Å². The van der Waals surface area contributed by atoms with Crippen LogP contribution in [0.5, 0.6) is 5.75 Å². The van der Waals surface area contributed by atoms with E-state index in [9.17, 15) is 9.18 Å². The van der Waals surface area contributed by atoms with E-state index in [0.29, 0.717) is 5.75 Å². The van der Waals surface area contributed by atoms with E-state index in [-0.39, 0.29) is 17.8 Å². The molecule has 0 aliphatic heterocycles. The summed E-state index contributed by atoms with van der Waals surface area (Å²) in [6.45, 7) is 0. The lowest BCUT2D eigenvalue weighted by molar-refractivity contribution is 0.0931. The number of carbonyl (C=O) groups is 1. The van der Waals surface area contributed by atoms with Crippen molar-refractivity contribution in [2.45, 2.75) is 44.1 Å². The molecule has 0 heterocycles. The van der Waals surface area contributed by atoms with Crippen LogP contribution in [-0.2, 0) is 0 Å². The standard InChI is InChI=1S/C15H20FNO2/c1-19-14-6-5-11(16)9-12(14)13(18)10-15(17)7-3-2-4-8-15/h5-6,9H,2-4,7-8,10,17H2,1H3. The summed E-state index contributed by atoms with van der Waals surface area (Å²) in [5.74, 6) is -0.162. The van der Waals surface area contributed by atoms with Crippen molar-refractivity contribution >= 4 is 5.78 Å². The van der Waals surface area contributed by atoms with Crippen molar-refractivity contribution in [2.75, 3.05) is 7.11 Å². The fourth-order valence-corrected chi connectivity index (χ4v) is 2.75. The van der Waals surface area contributed by atoms with Gasteiger partial charge in [-0.3, -0.25) is 4.79 Å². The number of methoxy groups -OCH3 is 1. The van der Waals surface area contributed by atoms with Crippen LogP contribution in [0.2, 0.25) is 0 Å². The molecular weight excluding hydrogens is 245 g/mol. The SMILES string of the molecule is COc1ccc(F)cc1C(=O)CC1(N)CCCCC1. The number of Topliss-reactive ketones (excluding diaryl/α,β-unsaturated/α-hetero) is 1. The van der Waals surface area contributed by atoms with E-state index in [1.54, 1.807) is 0 Å². The zero-order valence-electron chi connectivity index (χ0n) is 11.2. The van der Waals surface area contributed by atoms with E-state index >= 15 is 0 Å². The molecule has 1 fully saturated rings. The van der Waals surface area contributed by atoms with Gasteiger partial charge in [-0.1, -0.05) is 19.3 Å². The second-order valence-corrected chi connectivity index (χ2v) is 5.37. The van der Waals surface area contributed by atoms with Gasteiger partial charge in [0.15, 0.2) is 5.78 Å². The van der Waals surface area contributed by atoms with Crippen molar-refractivity contribution in [3.8, 4) is 5.75 Å². The molecule has 1 aromatic rings. The molecule has 19 heavy (non-hydrogen) atoms. The first-order valence-corrected chi connectivity index (χ1v) is 6.70. The van der Waals surface area contributed by atoms with Gasteiger partial charge in [-0.2, -0.15) is 0 Å². The van der Waals surface area contributed by atoms with Gasteiger partial charge in [0.05, 0.1) is 12.7 Å². The maximum Gasteiger partial charge on any atom is 0.168 e. The van der Waals surface area contributed by atoms with Crippen LogP contribution < -0.4 is 10.5 Å². The Morgan fingerprint density at radius 1 is 1.37 bits per heavy atom. The molecule has 0 spiro atoms. The number of nitrogens with two attached hydrogens (primary N) is 1. The molecule has 0 bridgehead atoms. The smallest absolute Gasteiger partial charge is 0.168 e. The highest BCUT2D eigenvalue weighted by Crippen LogP contribution is 2.31. The van der Waals surface area contributed by atoms with E-state index in [1.807, 2.05) is 0 Å². The summed E-state index contributed by atoms with van der Waals surface area (Å²) in [5.41, 5.74) is 6.12. The summed E-state index contributed by atoms with van der Waals surface area (Å²) < 4.78 is 18.4. The fraction of sp³-hybridized carbons (Fsp3) is 0.533. The Balaban J connectivity index is 2.17. The van der Waals surface area contributed by atoms with Gasteiger partial charge in [0.2, 0.25) is 0 Å². The number of ketones is 1. The number of carbonyl (C=O) groups excluding carboxylic acids is 1. The quantitative estimate of drug-likeness (QED) is 0.851. The average Bonchev–Trinajstić information content (AvgIpc) is 2.39. The van der Waals surface area contributed by atoms with Crippen molar-refractivity contribution in [3.63, 3.8) is 0 Å². The van der Waals surface area contributed by atoms with Gasteiger partial charge in [0.1, 0.15) is 11.6 Å². The Labute approximate surface area is 112 Å². The summed E-state index contributed by atoms with van der Waals surface area (Å²) in [6.07, 6.45) is 5.27. The van der Waals surface area contributed by atoms with Crippen molar-refractivity contribution in [2.24, 2.45) is 5.73 Å². The minimum Gasteiger partial charge on any atom is -0.496 e. The molecule has 0 radical (unpaired) electrons. The molecule has 1 aromatic carbocycles. The first kappa shape index (κ1) is 14.0. The van der Waals surface area contributed by atoms with Crippen LogP contribution in [0.4, 0.5) is 4.39 Å². The Morgan fingerprint density at radius 2 is 2.05 bits per heavy atom. The van der Waals surface area contributed by atoms with Gasteiger partial charge in [-0.25, -0.2) is 4.39 Å². The Bertz CT molecular complexity index is 467. The number of hydrogen-bond acceptors (Lipinski definition) is 3. The van der Waals surface area contributed by atoms with Gasteiger partial charge < -0.3 is 10.5 Å². The Hall–Kier alpha value is -1.42. The van der Waals surface area contributed by atoms with Crippen LogP contribution in [-0.4, -0.2) is 18.4 Å². The summed E-state index contributed by atoms with van der Waals surface area (Å²) in [5, 5.41) is 0. The van der Waals surface area contributed by atoms with Crippen molar-refractivity contribution < 1.29 is 13.9 Å². The molecule has 3 nitrogen and oxygen atoms in total. The van der Waals surface area contributed by atoms with Gasteiger partial charge in [0, 0.05) is 12.0 Å². The average molecular weight is 265 g/mol. The lowest BCUT2D eigenvalue weighted by atomic mass is 9.78. The molecule has 0 saturated heterocycles. The zero-order chi connectivity index (χ0) is 13.9. The normalized spacial score (nSPS) is 18.1. The first-order chi connectivity index (χ1) is 9.04. The first-order valence-electron chi connectivity index (χ1n) is 6.70. The Kier molecular flexibility index (Phi) is 4.20. The highest BCUT2D eigenvalue weighted by molar-refractivity contribution is 5.99. The highest BCUT2D eigenvalue weighted by atomic mass is 19.1. The molecule has 4 heteroatoms.